The molecule has 3 rings (SSSR count). The molecule has 1 amide bonds. The SMILES string of the molecule is CC(CNC(=O)c1ccccc1C(F)(F)F)n1nnc2ccc(C(F)(F)F)cc2c1=O. The van der Waals surface area contributed by atoms with Gasteiger partial charge in [-0.25, -0.2) is 4.68 Å². The molecule has 1 unspecified atom stereocenters. The number of fused-ring (bicyclic) bond motifs is 1. The lowest BCUT2D eigenvalue weighted by Crippen LogP contribution is -2.36. The van der Waals surface area contributed by atoms with Crippen LogP contribution < -0.4 is 10.9 Å². The van der Waals surface area contributed by atoms with E-state index in [1.807, 2.05) is 0 Å². The van der Waals surface area contributed by atoms with E-state index in [1.165, 1.54) is 13.0 Å². The summed E-state index contributed by atoms with van der Waals surface area (Å²) in [4.78, 5) is 24.8. The van der Waals surface area contributed by atoms with Gasteiger partial charge in [0.25, 0.3) is 11.5 Å². The summed E-state index contributed by atoms with van der Waals surface area (Å²) in [5, 5.41) is 9.30. The highest BCUT2D eigenvalue weighted by Crippen LogP contribution is 2.32. The highest BCUT2D eigenvalue weighted by Gasteiger charge is 2.35. The van der Waals surface area contributed by atoms with Gasteiger partial charge >= 0.3 is 12.4 Å². The molecule has 1 heterocycles. The molecule has 6 nitrogen and oxygen atoms in total. The van der Waals surface area contributed by atoms with E-state index in [-0.39, 0.29) is 17.4 Å². The minimum Gasteiger partial charge on any atom is -0.350 e. The number of hydrogen-bond donors (Lipinski definition) is 1. The molecule has 164 valence electrons. The predicted octanol–water partition coefficient (Wildman–Crippen LogP) is 3.82. The van der Waals surface area contributed by atoms with E-state index in [2.05, 4.69) is 15.6 Å². The summed E-state index contributed by atoms with van der Waals surface area (Å²) in [6, 6.07) is 5.70. The van der Waals surface area contributed by atoms with E-state index >= 15 is 0 Å². The van der Waals surface area contributed by atoms with Crippen LogP contribution in [0.25, 0.3) is 10.9 Å². The molecule has 0 saturated carbocycles. The standard InChI is InChI=1S/C19H14F6N4O2/c1-10(9-26-16(30)12-4-2-3-5-14(12)19(23,24)25)29-17(31)13-8-11(18(20,21)22)6-7-15(13)27-28-29/h2-8,10H,9H2,1H3,(H,26,30). The first-order valence-electron chi connectivity index (χ1n) is 8.80. The number of carbonyl (C=O) groups excluding carboxylic acids is 1. The zero-order valence-corrected chi connectivity index (χ0v) is 15.8. The molecule has 1 aromatic heterocycles. The molecule has 0 aliphatic rings. The molecule has 0 spiro atoms. The van der Waals surface area contributed by atoms with E-state index in [1.54, 1.807) is 0 Å². The van der Waals surface area contributed by atoms with Gasteiger partial charge in [0.2, 0.25) is 0 Å². The third-order valence-electron chi connectivity index (χ3n) is 4.46. The number of rotatable bonds is 4. The Morgan fingerprint density at radius 2 is 1.74 bits per heavy atom. The molecule has 0 saturated heterocycles. The second kappa shape index (κ2) is 8.00. The smallest absolute Gasteiger partial charge is 0.350 e. The molecule has 1 N–H and O–H groups in total. The van der Waals surface area contributed by atoms with Gasteiger partial charge in [-0.1, -0.05) is 17.3 Å². The van der Waals surface area contributed by atoms with Crippen LogP contribution in [0.4, 0.5) is 26.3 Å². The summed E-state index contributed by atoms with van der Waals surface area (Å²) in [6.07, 6.45) is -9.41. The summed E-state index contributed by atoms with van der Waals surface area (Å²) in [5.41, 5.74) is -3.70. The van der Waals surface area contributed by atoms with Crippen molar-refractivity contribution in [3.8, 4) is 0 Å². The van der Waals surface area contributed by atoms with Crippen LogP contribution in [-0.2, 0) is 12.4 Å². The highest BCUT2D eigenvalue weighted by atomic mass is 19.4. The zero-order chi connectivity index (χ0) is 23.0. The fraction of sp³-hybridized carbons (Fsp3) is 0.263. The van der Waals surface area contributed by atoms with Crippen LogP contribution in [0.15, 0.2) is 47.3 Å². The van der Waals surface area contributed by atoms with Crippen molar-refractivity contribution in [2.24, 2.45) is 0 Å². The number of nitrogens with zero attached hydrogens (tertiary/aromatic N) is 3. The molecule has 0 fully saturated rings. The Balaban J connectivity index is 1.84. The number of halogens is 6. The Hall–Kier alpha value is -3.44. The molecule has 0 aliphatic heterocycles. The average molecular weight is 444 g/mol. The Morgan fingerprint density at radius 1 is 1.06 bits per heavy atom. The maximum Gasteiger partial charge on any atom is 0.417 e. The van der Waals surface area contributed by atoms with Crippen LogP contribution in [0, 0.1) is 0 Å². The van der Waals surface area contributed by atoms with E-state index in [0.717, 1.165) is 35.0 Å². The fourth-order valence-corrected chi connectivity index (χ4v) is 2.87. The van der Waals surface area contributed by atoms with Crippen molar-refractivity contribution < 1.29 is 31.1 Å². The first-order valence-corrected chi connectivity index (χ1v) is 8.80. The zero-order valence-electron chi connectivity index (χ0n) is 15.8. The molecular weight excluding hydrogens is 430 g/mol. The number of carbonyl (C=O) groups is 1. The molecule has 12 heteroatoms. The van der Waals surface area contributed by atoms with Crippen LogP contribution in [0.3, 0.4) is 0 Å². The number of aromatic nitrogens is 3. The monoisotopic (exact) mass is 444 g/mol. The molecule has 0 bridgehead atoms. The van der Waals surface area contributed by atoms with E-state index in [0.29, 0.717) is 6.07 Å². The summed E-state index contributed by atoms with van der Waals surface area (Å²) in [5.74, 6) is -1.03. The third kappa shape index (κ3) is 4.67. The lowest BCUT2D eigenvalue weighted by Gasteiger charge is -2.16. The van der Waals surface area contributed by atoms with E-state index in [4.69, 9.17) is 0 Å². The largest absolute Gasteiger partial charge is 0.417 e. The molecule has 31 heavy (non-hydrogen) atoms. The second-order valence-corrected chi connectivity index (χ2v) is 6.67. The summed E-state index contributed by atoms with van der Waals surface area (Å²) < 4.78 is 78.7. The highest BCUT2D eigenvalue weighted by molar-refractivity contribution is 5.95. The van der Waals surface area contributed by atoms with Gasteiger partial charge in [-0.2, -0.15) is 26.3 Å². The maximum atomic E-state index is 13.1. The van der Waals surface area contributed by atoms with Gasteiger partial charge in [0.1, 0.15) is 5.52 Å². The van der Waals surface area contributed by atoms with E-state index in [9.17, 15) is 35.9 Å². The van der Waals surface area contributed by atoms with Crippen LogP contribution in [-0.4, -0.2) is 27.4 Å². The van der Waals surface area contributed by atoms with Gasteiger partial charge in [0, 0.05) is 6.54 Å². The lowest BCUT2D eigenvalue weighted by atomic mass is 10.1. The lowest BCUT2D eigenvalue weighted by molar-refractivity contribution is -0.138. The average Bonchev–Trinajstić information content (AvgIpc) is 2.70. The summed E-state index contributed by atoms with van der Waals surface area (Å²) in [6.45, 7) is 1.09. The van der Waals surface area contributed by atoms with Crippen LogP contribution >= 0.6 is 0 Å². The fourth-order valence-electron chi connectivity index (χ4n) is 2.87. The van der Waals surface area contributed by atoms with Crippen molar-refractivity contribution in [1.82, 2.24) is 20.3 Å². The van der Waals surface area contributed by atoms with E-state index < -0.39 is 46.6 Å². The topological polar surface area (TPSA) is 76.9 Å². The van der Waals surface area contributed by atoms with Gasteiger partial charge in [-0.3, -0.25) is 9.59 Å². The van der Waals surface area contributed by atoms with Crippen molar-refractivity contribution in [2.75, 3.05) is 6.54 Å². The number of hydrogen-bond acceptors (Lipinski definition) is 4. The van der Waals surface area contributed by atoms with Gasteiger partial charge in [-0.05, 0) is 37.3 Å². The minimum absolute atomic E-state index is 0.0513. The van der Waals surface area contributed by atoms with Crippen LogP contribution in [0.1, 0.15) is 34.5 Å². The number of benzene rings is 2. The number of nitrogens with one attached hydrogen (secondary N) is 1. The second-order valence-electron chi connectivity index (χ2n) is 6.67. The van der Waals surface area contributed by atoms with Gasteiger partial charge in [0.05, 0.1) is 28.1 Å². The summed E-state index contributed by atoms with van der Waals surface area (Å²) in [7, 11) is 0. The Bertz CT molecular complexity index is 1190. The molecule has 0 radical (unpaired) electrons. The van der Waals surface area contributed by atoms with Gasteiger partial charge in [0.15, 0.2) is 0 Å². The number of amides is 1. The van der Waals surface area contributed by atoms with Crippen molar-refractivity contribution >= 4 is 16.8 Å². The normalized spacial score (nSPS) is 13.3. The van der Waals surface area contributed by atoms with Crippen molar-refractivity contribution in [3.05, 3.63) is 69.5 Å². The molecule has 2 aromatic carbocycles. The van der Waals surface area contributed by atoms with Gasteiger partial charge < -0.3 is 5.32 Å². The number of alkyl halides is 6. The van der Waals surface area contributed by atoms with Crippen LogP contribution in [0.2, 0.25) is 0 Å². The Labute approximate surface area is 170 Å². The third-order valence-corrected chi connectivity index (χ3v) is 4.46. The molecular formula is C19H14F6N4O2. The summed E-state index contributed by atoms with van der Waals surface area (Å²) >= 11 is 0. The van der Waals surface area contributed by atoms with Crippen molar-refractivity contribution in [1.29, 1.82) is 0 Å². The predicted molar refractivity (Wildman–Crippen MR) is 97.3 cm³/mol. The minimum atomic E-state index is -4.74. The molecule has 1 atom stereocenters. The molecule has 3 aromatic rings. The Morgan fingerprint density at radius 3 is 2.39 bits per heavy atom. The van der Waals surface area contributed by atoms with Crippen molar-refractivity contribution in [2.45, 2.75) is 25.3 Å². The maximum absolute atomic E-state index is 13.1. The quantitative estimate of drug-likeness (QED) is 0.621. The first-order chi connectivity index (χ1) is 14.4. The van der Waals surface area contributed by atoms with Gasteiger partial charge in [-0.15, -0.1) is 5.10 Å². The van der Waals surface area contributed by atoms with Crippen LogP contribution in [0.5, 0.6) is 0 Å². The Kier molecular flexibility index (Phi) is 5.74. The first kappa shape index (κ1) is 22.2. The molecule has 0 aliphatic carbocycles. The van der Waals surface area contributed by atoms with Crippen molar-refractivity contribution in [3.63, 3.8) is 0 Å².